The highest BCUT2D eigenvalue weighted by Gasteiger charge is 2.42. The quantitative estimate of drug-likeness (QED) is 0.882. The number of piperidine rings is 1. The van der Waals surface area contributed by atoms with Crippen LogP contribution in [-0.4, -0.2) is 43.6 Å². The Morgan fingerprint density at radius 3 is 2.67 bits per heavy atom. The number of sulfonamides is 1. The molecule has 1 aliphatic rings. The third-order valence-corrected chi connectivity index (χ3v) is 6.77. The molecule has 1 fully saturated rings. The van der Waals surface area contributed by atoms with E-state index in [9.17, 15) is 13.5 Å². The van der Waals surface area contributed by atoms with Crippen molar-refractivity contribution in [1.29, 1.82) is 0 Å². The molecule has 0 aromatic heterocycles. The fraction of sp³-hybridized carbons (Fsp3) is 0.667. The summed E-state index contributed by atoms with van der Waals surface area (Å²) in [5.74, 6) is 0.697. The molecule has 1 heterocycles. The summed E-state index contributed by atoms with van der Waals surface area (Å²) in [6, 6.07) is 5.12. The Morgan fingerprint density at radius 1 is 1.42 bits per heavy atom. The second-order valence-electron chi connectivity index (χ2n) is 7.45. The normalized spacial score (nSPS) is 25.9. The lowest BCUT2D eigenvalue weighted by atomic mass is 9.78. The van der Waals surface area contributed by atoms with Gasteiger partial charge >= 0.3 is 0 Å². The third kappa shape index (κ3) is 3.92. The van der Waals surface area contributed by atoms with Crippen LogP contribution in [0, 0.1) is 18.8 Å². The maximum Gasteiger partial charge on any atom is 0.246 e. The fourth-order valence-corrected chi connectivity index (χ4v) is 4.95. The number of methoxy groups -OCH3 is 1. The molecule has 2 rings (SSSR count). The summed E-state index contributed by atoms with van der Waals surface area (Å²) in [5.41, 5.74) is 0.123. The SMILES string of the molecule is COc1cc(C)ccc1S(=O)(=O)N1CC[C@@](C)(O)[C@@H](CC(C)C)C1. The minimum atomic E-state index is -3.64. The van der Waals surface area contributed by atoms with Crippen LogP contribution in [0.15, 0.2) is 23.1 Å². The van der Waals surface area contributed by atoms with Crippen LogP contribution in [0.3, 0.4) is 0 Å². The smallest absolute Gasteiger partial charge is 0.246 e. The Balaban J connectivity index is 2.33. The Kier molecular flexibility index (Phi) is 5.62. The van der Waals surface area contributed by atoms with Gasteiger partial charge in [-0.1, -0.05) is 19.9 Å². The number of rotatable bonds is 5. The fourth-order valence-electron chi connectivity index (χ4n) is 3.33. The molecule has 0 bridgehead atoms. The van der Waals surface area contributed by atoms with E-state index in [4.69, 9.17) is 4.74 Å². The van der Waals surface area contributed by atoms with E-state index in [-0.39, 0.29) is 10.8 Å². The van der Waals surface area contributed by atoms with Crippen molar-refractivity contribution in [2.45, 2.75) is 51.0 Å². The van der Waals surface area contributed by atoms with E-state index in [2.05, 4.69) is 13.8 Å². The van der Waals surface area contributed by atoms with Gasteiger partial charge in [0.1, 0.15) is 10.6 Å². The van der Waals surface area contributed by atoms with Gasteiger partial charge in [0, 0.05) is 19.0 Å². The predicted molar refractivity (Wildman–Crippen MR) is 94.7 cm³/mol. The number of hydrogen-bond acceptors (Lipinski definition) is 4. The topological polar surface area (TPSA) is 66.8 Å². The van der Waals surface area contributed by atoms with Gasteiger partial charge in [-0.05, 0) is 50.3 Å². The first-order valence-corrected chi connectivity index (χ1v) is 9.89. The molecule has 0 saturated carbocycles. The van der Waals surface area contributed by atoms with Gasteiger partial charge in [0.2, 0.25) is 10.0 Å². The summed E-state index contributed by atoms with van der Waals surface area (Å²) in [6.07, 6.45) is 1.24. The van der Waals surface area contributed by atoms with Gasteiger partial charge in [-0.3, -0.25) is 0 Å². The molecule has 1 aromatic rings. The zero-order valence-electron chi connectivity index (χ0n) is 15.2. The van der Waals surface area contributed by atoms with Gasteiger partial charge in [-0.15, -0.1) is 0 Å². The van der Waals surface area contributed by atoms with Gasteiger partial charge < -0.3 is 9.84 Å². The number of aryl methyl sites for hydroxylation is 1. The van der Waals surface area contributed by atoms with Crippen molar-refractivity contribution in [2.75, 3.05) is 20.2 Å². The van der Waals surface area contributed by atoms with E-state index in [1.165, 1.54) is 11.4 Å². The average Bonchev–Trinajstić information content (AvgIpc) is 2.48. The van der Waals surface area contributed by atoms with Crippen LogP contribution in [0.5, 0.6) is 5.75 Å². The van der Waals surface area contributed by atoms with Gasteiger partial charge in [0.15, 0.2) is 0 Å². The average molecular weight is 356 g/mol. The van der Waals surface area contributed by atoms with E-state index in [1.807, 2.05) is 13.8 Å². The number of aliphatic hydroxyl groups is 1. The Morgan fingerprint density at radius 2 is 2.08 bits per heavy atom. The van der Waals surface area contributed by atoms with Crippen LogP contribution in [0.1, 0.15) is 39.2 Å². The van der Waals surface area contributed by atoms with Crippen LogP contribution in [0.4, 0.5) is 0 Å². The highest BCUT2D eigenvalue weighted by Crippen LogP contribution is 2.36. The lowest BCUT2D eigenvalue weighted by molar-refractivity contribution is -0.0482. The molecule has 1 N–H and O–H groups in total. The van der Waals surface area contributed by atoms with Gasteiger partial charge in [0.25, 0.3) is 0 Å². The summed E-state index contributed by atoms with van der Waals surface area (Å²) in [7, 11) is -2.16. The van der Waals surface area contributed by atoms with Gasteiger partial charge in [0.05, 0.1) is 12.7 Å². The van der Waals surface area contributed by atoms with E-state index in [0.29, 0.717) is 31.2 Å². The molecule has 5 nitrogen and oxygen atoms in total. The maximum absolute atomic E-state index is 13.1. The standard InChI is InChI=1S/C18H29NO4S/c1-13(2)10-15-12-19(9-8-18(15,4)20)24(21,22)17-7-6-14(3)11-16(17)23-5/h6-7,11,13,15,20H,8-10,12H2,1-5H3/t15-,18+/m0/s1. The van der Waals surface area contributed by atoms with Crippen molar-refractivity contribution >= 4 is 10.0 Å². The number of nitrogens with zero attached hydrogens (tertiary/aromatic N) is 1. The lowest BCUT2D eigenvalue weighted by Crippen LogP contribution is -2.52. The molecule has 136 valence electrons. The number of benzene rings is 1. The molecule has 0 aliphatic carbocycles. The second-order valence-corrected chi connectivity index (χ2v) is 9.36. The molecule has 1 aromatic carbocycles. The Bertz CT molecular complexity index is 682. The van der Waals surface area contributed by atoms with E-state index in [0.717, 1.165) is 12.0 Å². The van der Waals surface area contributed by atoms with Crippen molar-refractivity contribution in [2.24, 2.45) is 11.8 Å². The summed E-state index contributed by atoms with van der Waals surface area (Å²) < 4.78 is 32.9. The molecule has 1 saturated heterocycles. The summed E-state index contributed by atoms with van der Waals surface area (Å²) in [6.45, 7) is 8.55. The second kappa shape index (κ2) is 7.02. The number of hydrogen-bond donors (Lipinski definition) is 1. The highest BCUT2D eigenvalue weighted by atomic mass is 32.2. The molecule has 2 atom stereocenters. The zero-order valence-corrected chi connectivity index (χ0v) is 16.1. The van der Waals surface area contributed by atoms with Crippen LogP contribution in [0.2, 0.25) is 0 Å². The molecule has 1 aliphatic heterocycles. The summed E-state index contributed by atoms with van der Waals surface area (Å²) >= 11 is 0. The minimum absolute atomic E-state index is 0.0718. The van der Waals surface area contributed by atoms with Crippen LogP contribution in [-0.2, 0) is 10.0 Å². The zero-order chi connectivity index (χ0) is 18.1. The van der Waals surface area contributed by atoms with Crippen molar-refractivity contribution in [1.82, 2.24) is 4.31 Å². The largest absolute Gasteiger partial charge is 0.495 e. The molecule has 24 heavy (non-hydrogen) atoms. The van der Waals surface area contributed by atoms with Crippen molar-refractivity contribution in [3.63, 3.8) is 0 Å². The van der Waals surface area contributed by atoms with Crippen LogP contribution in [0.25, 0.3) is 0 Å². The van der Waals surface area contributed by atoms with Crippen LogP contribution >= 0.6 is 0 Å². The van der Waals surface area contributed by atoms with E-state index < -0.39 is 15.6 Å². The monoisotopic (exact) mass is 355 g/mol. The van der Waals surface area contributed by atoms with Crippen molar-refractivity contribution in [3.8, 4) is 5.75 Å². The van der Waals surface area contributed by atoms with Crippen LogP contribution < -0.4 is 4.74 Å². The van der Waals surface area contributed by atoms with Crippen molar-refractivity contribution < 1.29 is 18.3 Å². The summed E-state index contributed by atoms with van der Waals surface area (Å²) in [5, 5.41) is 10.6. The maximum atomic E-state index is 13.1. The third-order valence-electron chi connectivity index (χ3n) is 4.86. The predicted octanol–water partition coefficient (Wildman–Crippen LogP) is 2.81. The summed E-state index contributed by atoms with van der Waals surface area (Å²) in [4.78, 5) is 0.195. The minimum Gasteiger partial charge on any atom is -0.495 e. The lowest BCUT2D eigenvalue weighted by Gasteiger charge is -2.42. The molecule has 0 amide bonds. The highest BCUT2D eigenvalue weighted by molar-refractivity contribution is 7.89. The Hall–Kier alpha value is -1.11. The first-order valence-electron chi connectivity index (χ1n) is 8.45. The van der Waals surface area contributed by atoms with E-state index >= 15 is 0 Å². The molecule has 0 unspecified atom stereocenters. The molecule has 6 heteroatoms. The molecular weight excluding hydrogens is 326 g/mol. The van der Waals surface area contributed by atoms with Gasteiger partial charge in [-0.2, -0.15) is 4.31 Å². The molecular formula is C18H29NO4S. The first-order chi connectivity index (χ1) is 11.1. The Labute approximate surface area is 145 Å². The first kappa shape index (κ1) is 19.2. The molecule has 0 spiro atoms. The van der Waals surface area contributed by atoms with Gasteiger partial charge in [-0.25, -0.2) is 8.42 Å². The number of ether oxygens (including phenoxy) is 1. The molecule has 0 radical (unpaired) electrons. The van der Waals surface area contributed by atoms with E-state index in [1.54, 1.807) is 18.2 Å². The van der Waals surface area contributed by atoms with Crippen molar-refractivity contribution in [3.05, 3.63) is 23.8 Å².